The van der Waals surface area contributed by atoms with Crippen molar-refractivity contribution in [1.82, 2.24) is 24.9 Å². The van der Waals surface area contributed by atoms with Crippen molar-refractivity contribution >= 4 is 47.4 Å². The van der Waals surface area contributed by atoms with Gasteiger partial charge in [0.05, 0.1) is 18.4 Å². The van der Waals surface area contributed by atoms with E-state index in [0.717, 1.165) is 11.3 Å². The molecule has 0 radical (unpaired) electrons. The van der Waals surface area contributed by atoms with Gasteiger partial charge in [0.1, 0.15) is 6.54 Å². The normalized spacial score (nSPS) is 14.4. The Morgan fingerprint density at radius 2 is 2.00 bits per heavy atom. The second-order valence-electron chi connectivity index (χ2n) is 6.98. The van der Waals surface area contributed by atoms with Gasteiger partial charge in [0.15, 0.2) is 5.96 Å². The quantitative estimate of drug-likeness (QED) is 0.357. The fourth-order valence-electron chi connectivity index (χ4n) is 3.24. The Morgan fingerprint density at radius 1 is 1.27 bits per heavy atom. The molecule has 0 unspecified atom stereocenters. The summed E-state index contributed by atoms with van der Waals surface area (Å²) in [6.07, 6.45) is 3.50. The molecule has 1 fully saturated rings. The minimum absolute atomic E-state index is 0. The molecule has 1 aromatic heterocycles. The van der Waals surface area contributed by atoms with Gasteiger partial charge in [-0.2, -0.15) is 5.10 Å². The van der Waals surface area contributed by atoms with E-state index in [2.05, 4.69) is 15.4 Å². The van der Waals surface area contributed by atoms with Crippen molar-refractivity contribution in [3.05, 3.63) is 48.3 Å². The number of rotatable bonds is 5. The van der Waals surface area contributed by atoms with Crippen LogP contribution >= 0.6 is 24.0 Å². The lowest BCUT2D eigenvalue weighted by Gasteiger charge is -2.35. The maximum absolute atomic E-state index is 12.6. The van der Waals surface area contributed by atoms with Crippen LogP contribution in [0.5, 0.6) is 0 Å². The number of nitrogens with one attached hydrogen (secondary N) is 1. The number of anilines is 1. The predicted molar refractivity (Wildman–Crippen MR) is 127 cm³/mol. The molecule has 9 nitrogen and oxygen atoms in total. The van der Waals surface area contributed by atoms with E-state index >= 15 is 0 Å². The molecule has 0 aliphatic carbocycles. The molecule has 1 aliphatic heterocycles. The van der Waals surface area contributed by atoms with Gasteiger partial charge in [-0.1, -0.05) is 30.3 Å². The first kappa shape index (κ1) is 23.6. The molecule has 2 aromatic rings. The number of benzene rings is 1. The standard InChI is InChI=1S/C20H27N7O2.HI/c1-21-20(22-12-18(28)24(2)13-16-7-5-4-6-8-16)26-9-10-27(19(29)15-26)17-11-23-25(3)14-17;/h4-8,11,14H,9-10,12-13,15H2,1-3H3,(H,21,22);1H. The van der Waals surface area contributed by atoms with Crippen molar-refractivity contribution in [2.45, 2.75) is 6.54 Å². The molecule has 0 bridgehead atoms. The van der Waals surface area contributed by atoms with Gasteiger partial charge in [0.25, 0.3) is 0 Å². The van der Waals surface area contributed by atoms with Crippen molar-refractivity contribution in [3.63, 3.8) is 0 Å². The van der Waals surface area contributed by atoms with Crippen molar-refractivity contribution in [3.8, 4) is 0 Å². The van der Waals surface area contributed by atoms with Crippen molar-refractivity contribution < 1.29 is 9.59 Å². The first-order valence-corrected chi connectivity index (χ1v) is 9.50. The number of aliphatic imine (C=N–C) groups is 1. The van der Waals surface area contributed by atoms with Crippen LogP contribution in [0.4, 0.5) is 5.69 Å². The Hall–Kier alpha value is -2.63. The predicted octanol–water partition coefficient (Wildman–Crippen LogP) is 0.921. The van der Waals surface area contributed by atoms with Crippen LogP contribution < -0.4 is 10.2 Å². The van der Waals surface area contributed by atoms with Crippen LogP contribution in [-0.4, -0.2) is 77.6 Å². The van der Waals surface area contributed by atoms with E-state index in [9.17, 15) is 9.59 Å². The topological polar surface area (TPSA) is 86.1 Å². The van der Waals surface area contributed by atoms with Crippen LogP contribution in [0.25, 0.3) is 0 Å². The van der Waals surface area contributed by atoms with Gasteiger partial charge >= 0.3 is 0 Å². The average Bonchev–Trinajstić information content (AvgIpc) is 3.15. The lowest BCUT2D eigenvalue weighted by Crippen LogP contribution is -2.56. The highest BCUT2D eigenvalue weighted by atomic mass is 127. The van der Waals surface area contributed by atoms with Crippen molar-refractivity contribution in [1.29, 1.82) is 0 Å². The smallest absolute Gasteiger partial charge is 0.246 e. The van der Waals surface area contributed by atoms with Gasteiger partial charge in [0.2, 0.25) is 11.8 Å². The molecular formula is C20H28IN7O2. The Morgan fingerprint density at radius 3 is 2.60 bits per heavy atom. The van der Waals surface area contributed by atoms with Gasteiger partial charge in [0, 0.05) is 47.0 Å². The molecule has 1 N–H and O–H groups in total. The number of aryl methyl sites for hydroxylation is 1. The SMILES string of the molecule is CN=C(NCC(=O)N(C)Cc1ccccc1)N1CCN(c2cnn(C)c2)C(=O)C1.I. The van der Waals surface area contributed by atoms with E-state index in [1.54, 1.807) is 34.8 Å². The van der Waals surface area contributed by atoms with Gasteiger partial charge in [-0.15, -0.1) is 24.0 Å². The molecule has 30 heavy (non-hydrogen) atoms. The second-order valence-corrected chi connectivity index (χ2v) is 6.98. The molecule has 1 saturated heterocycles. The highest BCUT2D eigenvalue weighted by molar-refractivity contribution is 14.0. The molecule has 0 spiro atoms. The monoisotopic (exact) mass is 525 g/mol. The Kier molecular flexibility index (Phi) is 8.63. The molecule has 162 valence electrons. The van der Waals surface area contributed by atoms with Crippen LogP contribution in [0.2, 0.25) is 0 Å². The zero-order chi connectivity index (χ0) is 20.8. The zero-order valence-corrected chi connectivity index (χ0v) is 19.8. The van der Waals surface area contributed by atoms with E-state index in [-0.39, 0.29) is 48.9 Å². The minimum atomic E-state index is -0.0460. The van der Waals surface area contributed by atoms with Crippen LogP contribution in [-0.2, 0) is 23.2 Å². The molecule has 0 saturated carbocycles. The van der Waals surface area contributed by atoms with E-state index in [1.165, 1.54) is 0 Å². The molecule has 3 rings (SSSR count). The minimum Gasteiger partial charge on any atom is -0.347 e. The summed E-state index contributed by atoms with van der Waals surface area (Å²) in [5.74, 6) is 0.473. The molecule has 1 aliphatic rings. The third-order valence-corrected chi connectivity index (χ3v) is 4.82. The lowest BCUT2D eigenvalue weighted by molar-refractivity contribution is -0.129. The average molecular weight is 525 g/mol. The summed E-state index contributed by atoms with van der Waals surface area (Å²) in [4.78, 5) is 34.5. The van der Waals surface area contributed by atoms with Gasteiger partial charge in [-0.25, -0.2) is 0 Å². The third kappa shape index (κ3) is 5.94. The van der Waals surface area contributed by atoms with E-state index in [0.29, 0.717) is 25.6 Å². The highest BCUT2D eigenvalue weighted by Gasteiger charge is 2.28. The molecular weight excluding hydrogens is 497 g/mol. The molecule has 2 amide bonds. The fraction of sp³-hybridized carbons (Fsp3) is 0.400. The summed E-state index contributed by atoms with van der Waals surface area (Å²) in [5, 5.41) is 7.21. The Bertz CT molecular complexity index is 884. The van der Waals surface area contributed by atoms with Gasteiger partial charge < -0.3 is 20.0 Å². The number of hydrogen-bond acceptors (Lipinski definition) is 4. The molecule has 10 heteroatoms. The summed E-state index contributed by atoms with van der Waals surface area (Å²) in [6.45, 7) is 2.01. The Balaban J connectivity index is 0.00000320. The number of piperazine rings is 1. The second kappa shape index (κ2) is 11.0. The summed E-state index contributed by atoms with van der Waals surface area (Å²) >= 11 is 0. The third-order valence-electron chi connectivity index (χ3n) is 4.82. The summed E-state index contributed by atoms with van der Waals surface area (Å²) < 4.78 is 1.67. The molecule has 2 heterocycles. The first-order valence-electron chi connectivity index (χ1n) is 9.50. The first-order chi connectivity index (χ1) is 14.0. The number of aromatic nitrogens is 2. The van der Waals surface area contributed by atoms with Crippen LogP contribution in [0.15, 0.2) is 47.7 Å². The summed E-state index contributed by atoms with van der Waals surface area (Å²) in [6, 6.07) is 9.84. The van der Waals surface area contributed by atoms with Crippen LogP contribution in [0, 0.1) is 0 Å². The van der Waals surface area contributed by atoms with Crippen molar-refractivity contribution in [2.75, 3.05) is 45.2 Å². The maximum atomic E-state index is 12.6. The van der Waals surface area contributed by atoms with Crippen LogP contribution in [0.1, 0.15) is 5.56 Å². The lowest BCUT2D eigenvalue weighted by atomic mass is 10.2. The zero-order valence-electron chi connectivity index (χ0n) is 17.5. The number of halogens is 1. The van der Waals surface area contributed by atoms with Crippen LogP contribution in [0.3, 0.4) is 0 Å². The van der Waals surface area contributed by atoms with E-state index < -0.39 is 0 Å². The highest BCUT2D eigenvalue weighted by Crippen LogP contribution is 2.16. The van der Waals surface area contributed by atoms with E-state index in [4.69, 9.17) is 0 Å². The maximum Gasteiger partial charge on any atom is 0.246 e. The fourth-order valence-corrected chi connectivity index (χ4v) is 3.24. The summed E-state index contributed by atoms with van der Waals surface area (Å²) in [5.41, 5.74) is 1.86. The number of amides is 2. The number of carbonyl (C=O) groups excluding carboxylic acids is 2. The summed E-state index contributed by atoms with van der Waals surface area (Å²) in [7, 11) is 5.25. The number of likely N-dealkylation sites (N-methyl/N-ethyl adjacent to an activating group) is 1. The van der Waals surface area contributed by atoms with Gasteiger partial charge in [-0.05, 0) is 5.56 Å². The van der Waals surface area contributed by atoms with Gasteiger partial charge in [-0.3, -0.25) is 19.3 Å². The number of nitrogens with zero attached hydrogens (tertiary/aromatic N) is 6. The molecule has 1 aromatic carbocycles. The van der Waals surface area contributed by atoms with E-state index in [1.807, 2.05) is 48.5 Å². The number of hydrogen-bond donors (Lipinski definition) is 1. The molecule has 0 atom stereocenters. The Labute approximate surface area is 193 Å². The van der Waals surface area contributed by atoms with Crippen molar-refractivity contribution in [2.24, 2.45) is 12.0 Å². The number of carbonyl (C=O) groups is 2. The largest absolute Gasteiger partial charge is 0.347 e. The number of guanidine groups is 1.